The minimum Gasteiger partial charge on any atom is -0.391 e. The molecule has 3 N–H and O–H groups in total. The third-order valence-electron chi connectivity index (χ3n) is 3.08. The van der Waals surface area contributed by atoms with Gasteiger partial charge in [-0.2, -0.15) is 0 Å². The normalized spacial score (nSPS) is 10.7. The third kappa shape index (κ3) is 6.95. The fourth-order valence-electron chi connectivity index (χ4n) is 1.93. The van der Waals surface area contributed by atoms with Crippen LogP contribution in [0.15, 0.2) is 78.2 Å². The molecule has 0 unspecified atom stereocenters. The van der Waals surface area contributed by atoms with Crippen molar-refractivity contribution in [1.29, 1.82) is 0 Å². The predicted molar refractivity (Wildman–Crippen MR) is 101 cm³/mol. The summed E-state index contributed by atoms with van der Waals surface area (Å²) in [4.78, 5) is 0. The van der Waals surface area contributed by atoms with E-state index in [1.54, 1.807) is 11.3 Å². The molecule has 0 fully saturated rings. The van der Waals surface area contributed by atoms with Gasteiger partial charge >= 0.3 is 0 Å². The van der Waals surface area contributed by atoms with Crippen LogP contribution in [0.1, 0.15) is 11.1 Å². The lowest BCUT2D eigenvalue weighted by molar-refractivity contribution is 0.580. The smallest absolute Gasteiger partial charge is 0.216 e. The molecule has 3 aromatic rings. The van der Waals surface area contributed by atoms with E-state index >= 15 is 0 Å². The lowest BCUT2D eigenvalue weighted by Crippen LogP contribution is -2.24. The van der Waals surface area contributed by atoms with Crippen LogP contribution < -0.4 is 10.5 Å². The highest BCUT2D eigenvalue weighted by Gasteiger charge is 2.10. The molecule has 0 atom stereocenters. The Morgan fingerprint density at radius 1 is 0.833 bits per heavy atom. The van der Waals surface area contributed by atoms with Crippen molar-refractivity contribution in [3.63, 3.8) is 0 Å². The van der Waals surface area contributed by atoms with Crippen LogP contribution in [0, 0.1) is 0 Å². The largest absolute Gasteiger partial charge is 0.391 e. The summed E-state index contributed by atoms with van der Waals surface area (Å²) < 4.78 is 26.3. The Bertz CT molecular complexity index is 803. The monoisotopic (exact) mass is 360 g/mol. The average Bonchev–Trinajstić information content (AvgIpc) is 3.06. The molecule has 6 heteroatoms. The van der Waals surface area contributed by atoms with Gasteiger partial charge < -0.3 is 5.73 Å². The fraction of sp³-hybridized carbons (Fsp3) is 0.111. The number of nitrogens with one attached hydrogen (secondary N) is 1. The number of nitrogens with two attached hydrogens (primary N) is 1. The maximum Gasteiger partial charge on any atom is 0.216 e. The molecule has 0 saturated carbocycles. The van der Waals surface area contributed by atoms with Gasteiger partial charge in [0.05, 0.1) is 10.8 Å². The number of thiophene rings is 1. The number of hydrogen-bond acceptors (Lipinski definition) is 4. The number of sulfonamides is 1. The van der Waals surface area contributed by atoms with Crippen molar-refractivity contribution in [1.82, 2.24) is 4.72 Å². The van der Waals surface area contributed by atoms with Gasteiger partial charge in [-0.1, -0.05) is 60.7 Å². The Morgan fingerprint density at radius 3 is 1.88 bits per heavy atom. The summed E-state index contributed by atoms with van der Waals surface area (Å²) in [5, 5.41) is 2.84. The zero-order chi connectivity index (χ0) is 17.3. The van der Waals surface area contributed by atoms with Crippen LogP contribution >= 0.6 is 11.3 Å². The molecule has 1 aromatic heterocycles. The first kappa shape index (κ1) is 18.2. The first-order chi connectivity index (χ1) is 11.6. The van der Waals surface area contributed by atoms with Gasteiger partial charge in [0.25, 0.3) is 0 Å². The summed E-state index contributed by atoms with van der Waals surface area (Å²) in [6.45, 7) is 0.329. The van der Waals surface area contributed by atoms with E-state index in [-0.39, 0.29) is 5.75 Å². The summed E-state index contributed by atoms with van der Waals surface area (Å²) in [7, 11) is -3.28. The number of anilines is 1. The van der Waals surface area contributed by atoms with E-state index < -0.39 is 10.0 Å². The van der Waals surface area contributed by atoms with E-state index in [4.69, 9.17) is 5.73 Å². The minimum absolute atomic E-state index is 0.0146. The van der Waals surface area contributed by atoms with E-state index in [1.165, 1.54) is 0 Å². The molecule has 0 aliphatic rings. The van der Waals surface area contributed by atoms with E-state index in [9.17, 15) is 8.42 Å². The van der Waals surface area contributed by atoms with Crippen LogP contribution in [0.3, 0.4) is 0 Å². The van der Waals surface area contributed by atoms with Crippen LogP contribution in [-0.2, 0) is 22.3 Å². The highest BCUT2D eigenvalue weighted by atomic mass is 32.2. The second-order valence-electron chi connectivity index (χ2n) is 5.07. The molecular formula is C18H20N2O2S2. The Kier molecular flexibility index (Phi) is 6.99. The highest BCUT2D eigenvalue weighted by molar-refractivity contribution is 7.88. The second-order valence-corrected chi connectivity index (χ2v) is 7.85. The quantitative estimate of drug-likeness (QED) is 0.730. The van der Waals surface area contributed by atoms with Gasteiger partial charge in [-0.05, 0) is 28.6 Å². The van der Waals surface area contributed by atoms with Gasteiger partial charge in [0.1, 0.15) is 0 Å². The van der Waals surface area contributed by atoms with Gasteiger partial charge in [0.15, 0.2) is 0 Å². The van der Waals surface area contributed by atoms with Crippen molar-refractivity contribution in [2.45, 2.75) is 12.3 Å². The lowest BCUT2D eigenvalue weighted by Gasteiger charge is -2.06. The molecule has 3 rings (SSSR count). The van der Waals surface area contributed by atoms with E-state index in [0.29, 0.717) is 6.54 Å². The predicted octanol–water partition coefficient (Wildman–Crippen LogP) is 3.64. The van der Waals surface area contributed by atoms with Gasteiger partial charge in [0, 0.05) is 6.54 Å². The molecule has 0 saturated heterocycles. The summed E-state index contributed by atoms with van der Waals surface area (Å²) in [5.41, 5.74) is 7.04. The van der Waals surface area contributed by atoms with Crippen molar-refractivity contribution >= 4 is 26.4 Å². The van der Waals surface area contributed by atoms with Crippen LogP contribution in [0.5, 0.6) is 0 Å². The average molecular weight is 361 g/mol. The molecule has 0 bridgehead atoms. The van der Waals surface area contributed by atoms with Gasteiger partial charge in [0.2, 0.25) is 10.0 Å². The first-order valence-corrected chi connectivity index (χ1v) is 9.92. The molecule has 1 heterocycles. The van der Waals surface area contributed by atoms with Crippen LogP contribution in [0.4, 0.5) is 5.00 Å². The topological polar surface area (TPSA) is 72.2 Å². The minimum atomic E-state index is -3.28. The zero-order valence-corrected chi connectivity index (χ0v) is 14.8. The Balaban J connectivity index is 0.000000292. The van der Waals surface area contributed by atoms with Gasteiger partial charge in [-0.25, -0.2) is 13.1 Å². The number of rotatable bonds is 5. The number of hydrogen-bond donors (Lipinski definition) is 2. The van der Waals surface area contributed by atoms with Crippen molar-refractivity contribution in [3.8, 4) is 0 Å². The summed E-state index contributed by atoms with van der Waals surface area (Å²) >= 11 is 1.56. The first-order valence-electron chi connectivity index (χ1n) is 7.39. The molecule has 24 heavy (non-hydrogen) atoms. The van der Waals surface area contributed by atoms with Gasteiger partial charge in [-0.3, -0.25) is 0 Å². The van der Waals surface area contributed by atoms with Crippen LogP contribution in [0.25, 0.3) is 0 Å². The van der Waals surface area contributed by atoms with E-state index in [1.807, 2.05) is 78.2 Å². The van der Waals surface area contributed by atoms with Crippen molar-refractivity contribution in [2.75, 3.05) is 5.73 Å². The molecule has 0 aliphatic carbocycles. The van der Waals surface area contributed by atoms with Crippen LogP contribution in [-0.4, -0.2) is 8.42 Å². The second kappa shape index (κ2) is 9.22. The Hall–Kier alpha value is -2.15. The standard InChI is InChI=1S/C14H15NO2S.C4H5NS/c16-18(17,12-14-9-5-2-6-10-14)15-11-13-7-3-1-4-8-13;5-4-2-1-3-6-4/h1-10,15H,11-12H2;1-3H,5H2. The molecular weight excluding hydrogens is 340 g/mol. The van der Waals surface area contributed by atoms with Crippen molar-refractivity contribution in [2.24, 2.45) is 0 Å². The molecule has 0 aliphatic heterocycles. The summed E-state index contributed by atoms with van der Waals surface area (Å²) in [6.07, 6.45) is 0. The SMILES string of the molecule is Nc1cccs1.O=S(=O)(Cc1ccccc1)NCc1ccccc1. The maximum atomic E-state index is 11.9. The third-order valence-corrected chi connectivity index (χ3v) is 5.08. The van der Waals surface area contributed by atoms with Crippen LogP contribution in [0.2, 0.25) is 0 Å². The highest BCUT2D eigenvalue weighted by Crippen LogP contribution is 2.08. The number of nitrogen functional groups attached to an aromatic ring is 1. The van der Waals surface area contributed by atoms with Gasteiger partial charge in [-0.15, -0.1) is 11.3 Å². The molecule has 2 aromatic carbocycles. The number of benzene rings is 2. The molecule has 0 amide bonds. The lowest BCUT2D eigenvalue weighted by atomic mass is 10.2. The molecule has 4 nitrogen and oxygen atoms in total. The zero-order valence-electron chi connectivity index (χ0n) is 13.1. The maximum absolute atomic E-state index is 11.9. The van der Waals surface area contributed by atoms with E-state index in [2.05, 4.69) is 4.72 Å². The van der Waals surface area contributed by atoms with Crippen molar-refractivity contribution < 1.29 is 8.42 Å². The Labute approximate surface area is 147 Å². The van der Waals surface area contributed by atoms with E-state index in [0.717, 1.165) is 16.1 Å². The summed E-state index contributed by atoms with van der Waals surface area (Å²) in [5.74, 6) is 0.0146. The molecule has 0 spiro atoms. The van der Waals surface area contributed by atoms with Crippen molar-refractivity contribution in [3.05, 3.63) is 89.3 Å². The summed E-state index contributed by atoms with van der Waals surface area (Å²) in [6, 6.07) is 22.4. The Morgan fingerprint density at radius 2 is 1.42 bits per heavy atom. The molecule has 0 radical (unpaired) electrons. The molecule has 126 valence electrons. The fourth-order valence-corrected chi connectivity index (χ4v) is 3.52.